The molecule has 1 aliphatic rings. The standard InChI is InChI=1S/C29H22/c1-29(2)26-15-9-8-14-24(26)27-22-13-7-6-12-21(22)25-18-20(16-17-23(25)28(27)29)19-10-4-3-5-11-19/h3-18H,1-2H3. The van der Waals surface area contributed by atoms with E-state index in [1.165, 1.54) is 54.9 Å². The number of hydrogen-bond donors (Lipinski definition) is 0. The van der Waals surface area contributed by atoms with E-state index in [0.717, 1.165) is 0 Å². The quantitative estimate of drug-likeness (QED) is 0.262. The third kappa shape index (κ3) is 2.20. The lowest BCUT2D eigenvalue weighted by Gasteiger charge is -2.24. The second-order valence-electron chi connectivity index (χ2n) is 8.59. The van der Waals surface area contributed by atoms with E-state index < -0.39 is 0 Å². The van der Waals surface area contributed by atoms with Crippen LogP contribution < -0.4 is 0 Å². The van der Waals surface area contributed by atoms with Crippen LogP contribution in [0.25, 0.3) is 43.8 Å². The van der Waals surface area contributed by atoms with Gasteiger partial charge in [-0.25, -0.2) is 0 Å². The molecular formula is C29H22. The number of rotatable bonds is 1. The van der Waals surface area contributed by atoms with Gasteiger partial charge < -0.3 is 0 Å². The molecule has 0 N–H and O–H groups in total. The topological polar surface area (TPSA) is 0 Å². The molecule has 0 radical (unpaired) electrons. The van der Waals surface area contributed by atoms with Gasteiger partial charge >= 0.3 is 0 Å². The van der Waals surface area contributed by atoms with Gasteiger partial charge in [0.25, 0.3) is 0 Å². The molecule has 0 aromatic heterocycles. The molecule has 0 unspecified atom stereocenters. The summed E-state index contributed by atoms with van der Waals surface area (Å²) < 4.78 is 0. The second-order valence-corrected chi connectivity index (χ2v) is 8.59. The molecular weight excluding hydrogens is 348 g/mol. The third-order valence-corrected chi connectivity index (χ3v) is 6.63. The summed E-state index contributed by atoms with van der Waals surface area (Å²) in [6.07, 6.45) is 0. The zero-order chi connectivity index (χ0) is 19.6. The van der Waals surface area contributed by atoms with Gasteiger partial charge in [0, 0.05) is 5.41 Å². The smallest absolute Gasteiger partial charge is 0.0165 e. The lowest BCUT2D eigenvalue weighted by atomic mass is 9.79. The monoisotopic (exact) mass is 370 g/mol. The largest absolute Gasteiger partial charge is 0.0622 e. The summed E-state index contributed by atoms with van der Waals surface area (Å²) in [5.74, 6) is 0. The van der Waals surface area contributed by atoms with Gasteiger partial charge in [0.1, 0.15) is 0 Å². The third-order valence-electron chi connectivity index (χ3n) is 6.63. The minimum atomic E-state index is -0.0114. The van der Waals surface area contributed by atoms with E-state index in [9.17, 15) is 0 Å². The maximum Gasteiger partial charge on any atom is 0.0165 e. The average molecular weight is 370 g/mol. The number of fused-ring (bicyclic) bond motifs is 8. The Kier molecular flexibility index (Phi) is 3.32. The molecule has 0 spiro atoms. The highest BCUT2D eigenvalue weighted by molar-refractivity contribution is 6.18. The fraction of sp³-hybridized carbons (Fsp3) is 0.103. The average Bonchev–Trinajstić information content (AvgIpc) is 3.02. The summed E-state index contributed by atoms with van der Waals surface area (Å²) in [6, 6.07) is 35.5. The molecule has 6 rings (SSSR count). The Morgan fingerprint density at radius 3 is 2.03 bits per heavy atom. The molecule has 0 aliphatic heterocycles. The molecule has 1 aliphatic carbocycles. The maximum atomic E-state index is 2.38. The molecule has 0 amide bonds. The summed E-state index contributed by atoms with van der Waals surface area (Å²) >= 11 is 0. The van der Waals surface area contributed by atoms with Gasteiger partial charge in [0.05, 0.1) is 0 Å². The number of benzene rings is 5. The van der Waals surface area contributed by atoms with Crippen LogP contribution in [0.2, 0.25) is 0 Å². The zero-order valence-electron chi connectivity index (χ0n) is 16.7. The fourth-order valence-electron chi connectivity index (χ4n) is 5.31. The molecule has 0 heterocycles. The molecule has 138 valence electrons. The van der Waals surface area contributed by atoms with Crippen molar-refractivity contribution in [1.82, 2.24) is 0 Å². The van der Waals surface area contributed by atoms with Crippen LogP contribution in [0, 0.1) is 0 Å². The fourth-order valence-corrected chi connectivity index (χ4v) is 5.31. The molecule has 0 fully saturated rings. The van der Waals surface area contributed by atoms with Crippen LogP contribution in [-0.4, -0.2) is 0 Å². The van der Waals surface area contributed by atoms with Crippen molar-refractivity contribution in [3.05, 3.63) is 108 Å². The first-order valence-electron chi connectivity index (χ1n) is 10.3. The van der Waals surface area contributed by atoms with Gasteiger partial charge in [0.15, 0.2) is 0 Å². The Hall–Kier alpha value is -3.38. The van der Waals surface area contributed by atoms with Crippen LogP contribution in [0.15, 0.2) is 97.1 Å². The molecule has 0 saturated heterocycles. The van der Waals surface area contributed by atoms with Crippen molar-refractivity contribution in [2.75, 3.05) is 0 Å². The molecule has 0 nitrogen and oxygen atoms in total. The van der Waals surface area contributed by atoms with Gasteiger partial charge in [-0.2, -0.15) is 0 Å². The van der Waals surface area contributed by atoms with Crippen LogP contribution in [0.4, 0.5) is 0 Å². The SMILES string of the molecule is CC1(C)c2ccccc2-c2c1c1ccc(-c3ccccc3)cc1c1ccccc21. The zero-order valence-corrected chi connectivity index (χ0v) is 16.7. The predicted octanol–water partition coefficient (Wildman–Crippen LogP) is 7.97. The van der Waals surface area contributed by atoms with E-state index in [1.807, 2.05) is 0 Å². The molecule has 0 heteroatoms. The summed E-state index contributed by atoms with van der Waals surface area (Å²) in [5.41, 5.74) is 8.23. The van der Waals surface area contributed by atoms with Crippen LogP contribution >= 0.6 is 0 Å². The molecule has 0 saturated carbocycles. The molecule has 5 aromatic rings. The maximum absolute atomic E-state index is 2.38. The molecule has 0 bridgehead atoms. The first-order chi connectivity index (χ1) is 14.2. The van der Waals surface area contributed by atoms with Crippen LogP contribution in [-0.2, 0) is 5.41 Å². The van der Waals surface area contributed by atoms with Crippen LogP contribution in [0.5, 0.6) is 0 Å². The minimum Gasteiger partial charge on any atom is -0.0622 e. The van der Waals surface area contributed by atoms with E-state index in [1.54, 1.807) is 0 Å². The van der Waals surface area contributed by atoms with Crippen molar-refractivity contribution in [2.24, 2.45) is 0 Å². The summed E-state index contributed by atoms with van der Waals surface area (Å²) in [5, 5.41) is 5.42. The highest BCUT2D eigenvalue weighted by Gasteiger charge is 2.38. The predicted molar refractivity (Wildman–Crippen MR) is 124 cm³/mol. The van der Waals surface area contributed by atoms with Gasteiger partial charge in [-0.05, 0) is 61.0 Å². The van der Waals surface area contributed by atoms with E-state index in [-0.39, 0.29) is 5.41 Å². The van der Waals surface area contributed by atoms with Crippen molar-refractivity contribution in [3.8, 4) is 22.3 Å². The Bertz CT molecular complexity index is 1400. The first-order valence-corrected chi connectivity index (χ1v) is 10.3. The van der Waals surface area contributed by atoms with Gasteiger partial charge in [-0.1, -0.05) is 105 Å². The van der Waals surface area contributed by atoms with Crippen LogP contribution in [0.1, 0.15) is 25.0 Å². The molecule has 29 heavy (non-hydrogen) atoms. The van der Waals surface area contributed by atoms with Crippen molar-refractivity contribution < 1.29 is 0 Å². The lowest BCUT2D eigenvalue weighted by Crippen LogP contribution is -2.15. The Morgan fingerprint density at radius 1 is 0.517 bits per heavy atom. The van der Waals surface area contributed by atoms with Crippen molar-refractivity contribution in [2.45, 2.75) is 19.3 Å². The second kappa shape index (κ2) is 5.81. The van der Waals surface area contributed by atoms with E-state index in [2.05, 4.69) is 111 Å². The van der Waals surface area contributed by atoms with E-state index >= 15 is 0 Å². The number of hydrogen-bond acceptors (Lipinski definition) is 0. The molecule has 0 atom stereocenters. The van der Waals surface area contributed by atoms with Gasteiger partial charge in [-0.3, -0.25) is 0 Å². The summed E-state index contributed by atoms with van der Waals surface area (Å²) in [4.78, 5) is 0. The van der Waals surface area contributed by atoms with E-state index in [4.69, 9.17) is 0 Å². The van der Waals surface area contributed by atoms with E-state index in [0.29, 0.717) is 0 Å². The Balaban J connectivity index is 1.79. The minimum absolute atomic E-state index is 0.0114. The normalized spacial score (nSPS) is 14.1. The Morgan fingerprint density at radius 2 is 1.21 bits per heavy atom. The Labute approximate surface area is 171 Å². The summed E-state index contributed by atoms with van der Waals surface area (Å²) in [6.45, 7) is 4.74. The summed E-state index contributed by atoms with van der Waals surface area (Å²) in [7, 11) is 0. The molecule has 5 aromatic carbocycles. The lowest BCUT2D eigenvalue weighted by molar-refractivity contribution is 0.666. The van der Waals surface area contributed by atoms with Crippen molar-refractivity contribution in [1.29, 1.82) is 0 Å². The first kappa shape index (κ1) is 16.6. The highest BCUT2D eigenvalue weighted by Crippen LogP contribution is 2.54. The van der Waals surface area contributed by atoms with Crippen molar-refractivity contribution >= 4 is 21.5 Å². The van der Waals surface area contributed by atoms with Gasteiger partial charge in [-0.15, -0.1) is 0 Å². The van der Waals surface area contributed by atoms with Gasteiger partial charge in [0.2, 0.25) is 0 Å². The van der Waals surface area contributed by atoms with Crippen molar-refractivity contribution in [3.63, 3.8) is 0 Å². The highest BCUT2D eigenvalue weighted by atomic mass is 14.4. The van der Waals surface area contributed by atoms with Crippen LogP contribution in [0.3, 0.4) is 0 Å².